The molecule has 1 unspecified atom stereocenters. The van der Waals surface area contributed by atoms with Gasteiger partial charge in [0.15, 0.2) is 0 Å². The Bertz CT molecular complexity index is 764. The maximum Gasteiger partial charge on any atom is 0.224 e. The first-order valence-electron chi connectivity index (χ1n) is 9.30. The maximum absolute atomic E-state index is 12.7. The highest BCUT2D eigenvalue weighted by atomic mass is 16.5. The smallest absolute Gasteiger partial charge is 0.224 e. The molecule has 1 fully saturated rings. The van der Waals surface area contributed by atoms with Crippen molar-refractivity contribution in [2.24, 2.45) is 0 Å². The normalized spacial score (nSPS) is 17.7. The lowest BCUT2D eigenvalue weighted by Gasteiger charge is -2.35. The van der Waals surface area contributed by atoms with Crippen molar-refractivity contribution in [2.75, 3.05) is 20.2 Å². The van der Waals surface area contributed by atoms with E-state index in [-0.39, 0.29) is 11.9 Å². The predicted molar refractivity (Wildman–Crippen MR) is 98.8 cm³/mol. The third kappa shape index (κ3) is 3.98. The number of amides is 1. The zero-order chi connectivity index (χ0) is 18.7. The Morgan fingerprint density at radius 3 is 2.81 bits per heavy atom. The Morgan fingerprint density at radius 2 is 2.12 bits per heavy atom. The van der Waals surface area contributed by atoms with Gasteiger partial charge in [0.25, 0.3) is 0 Å². The number of aromatic nitrogens is 4. The number of hydrogen-bond donors (Lipinski definition) is 0. The molecule has 0 aromatic carbocycles. The number of likely N-dealkylation sites (tertiary alicyclic amines) is 1. The molecular formula is C19H29N5O2. The van der Waals surface area contributed by atoms with Gasteiger partial charge in [-0.2, -0.15) is 5.10 Å². The molecule has 2 aromatic rings. The zero-order valence-electron chi connectivity index (χ0n) is 16.2. The van der Waals surface area contributed by atoms with Crippen LogP contribution in [0.25, 0.3) is 0 Å². The highest BCUT2D eigenvalue weighted by molar-refractivity contribution is 5.76. The van der Waals surface area contributed by atoms with Gasteiger partial charge in [-0.25, -0.2) is 4.98 Å². The van der Waals surface area contributed by atoms with E-state index >= 15 is 0 Å². The highest BCUT2D eigenvalue weighted by Gasteiger charge is 2.27. The Hall–Kier alpha value is -2.15. The number of carbonyl (C=O) groups excluding carboxylic acids is 1. The molecule has 0 spiro atoms. The summed E-state index contributed by atoms with van der Waals surface area (Å²) in [6.45, 7) is 8.78. The molecule has 26 heavy (non-hydrogen) atoms. The second-order valence-electron chi connectivity index (χ2n) is 7.15. The molecule has 0 saturated carbocycles. The molecule has 1 atom stereocenters. The summed E-state index contributed by atoms with van der Waals surface area (Å²) < 4.78 is 9.44. The van der Waals surface area contributed by atoms with E-state index in [4.69, 9.17) is 4.74 Å². The van der Waals surface area contributed by atoms with E-state index < -0.39 is 0 Å². The van der Waals surface area contributed by atoms with Gasteiger partial charge in [-0.3, -0.25) is 9.48 Å². The number of methoxy groups -OCH3 is 1. The number of ether oxygens (including phenoxy) is 1. The van der Waals surface area contributed by atoms with E-state index in [9.17, 15) is 4.79 Å². The average molecular weight is 359 g/mol. The van der Waals surface area contributed by atoms with Gasteiger partial charge in [-0.05, 0) is 39.7 Å². The second kappa shape index (κ2) is 8.03. The lowest BCUT2D eigenvalue weighted by atomic mass is 10.0. The minimum absolute atomic E-state index is 0.202. The van der Waals surface area contributed by atoms with Gasteiger partial charge in [0.1, 0.15) is 12.4 Å². The summed E-state index contributed by atoms with van der Waals surface area (Å²) in [6, 6.07) is 2.31. The number of imidazole rings is 1. The first kappa shape index (κ1) is 18.6. The first-order chi connectivity index (χ1) is 12.5. The number of rotatable bonds is 6. The molecule has 0 aliphatic carbocycles. The van der Waals surface area contributed by atoms with E-state index in [1.807, 2.05) is 35.7 Å². The molecule has 1 saturated heterocycles. The summed E-state index contributed by atoms with van der Waals surface area (Å²) in [6.07, 6.45) is 4.45. The number of hydrogen-bond acceptors (Lipinski definition) is 4. The van der Waals surface area contributed by atoms with Crippen molar-refractivity contribution < 1.29 is 9.53 Å². The zero-order valence-corrected chi connectivity index (χ0v) is 16.2. The lowest BCUT2D eigenvalue weighted by molar-refractivity contribution is -0.133. The van der Waals surface area contributed by atoms with Crippen LogP contribution in [0.3, 0.4) is 0 Å². The van der Waals surface area contributed by atoms with Crippen LogP contribution >= 0.6 is 0 Å². The predicted octanol–water partition coefficient (Wildman–Crippen LogP) is 2.41. The second-order valence-corrected chi connectivity index (χ2v) is 7.15. The Kier molecular flexibility index (Phi) is 5.76. The SMILES string of the molecule is COCc1ncc(C)n1C1CCCN(C(=O)CCn2nc(C)cc2C)C1. The van der Waals surface area contributed by atoms with Gasteiger partial charge < -0.3 is 14.2 Å². The number of carbonyl (C=O) groups is 1. The van der Waals surface area contributed by atoms with Gasteiger partial charge in [-0.1, -0.05) is 0 Å². The van der Waals surface area contributed by atoms with Crippen molar-refractivity contribution in [1.82, 2.24) is 24.2 Å². The molecule has 0 bridgehead atoms. The van der Waals surface area contributed by atoms with Crippen molar-refractivity contribution in [1.29, 1.82) is 0 Å². The van der Waals surface area contributed by atoms with Crippen molar-refractivity contribution in [2.45, 2.75) is 59.2 Å². The largest absolute Gasteiger partial charge is 0.377 e. The van der Waals surface area contributed by atoms with Crippen LogP contribution in [0.5, 0.6) is 0 Å². The van der Waals surface area contributed by atoms with Gasteiger partial charge in [0, 0.05) is 50.7 Å². The molecule has 2 aromatic heterocycles. The Labute approximate surface area is 155 Å². The fraction of sp³-hybridized carbons (Fsp3) is 0.632. The summed E-state index contributed by atoms with van der Waals surface area (Å²) in [5.41, 5.74) is 3.22. The Balaban J connectivity index is 1.64. The van der Waals surface area contributed by atoms with Crippen LogP contribution in [0, 0.1) is 20.8 Å². The van der Waals surface area contributed by atoms with Crippen LogP contribution in [0.1, 0.15) is 48.2 Å². The van der Waals surface area contributed by atoms with E-state index in [1.54, 1.807) is 7.11 Å². The van der Waals surface area contributed by atoms with Crippen molar-refractivity contribution >= 4 is 5.91 Å². The molecule has 142 valence electrons. The van der Waals surface area contributed by atoms with Crippen molar-refractivity contribution in [3.05, 3.63) is 35.2 Å². The van der Waals surface area contributed by atoms with E-state index in [1.165, 1.54) is 0 Å². The van der Waals surface area contributed by atoms with Crippen LogP contribution in [-0.4, -0.2) is 50.3 Å². The van der Waals surface area contributed by atoms with Crippen LogP contribution in [0.4, 0.5) is 0 Å². The van der Waals surface area contributed by atoms with Crippen LogP contribution < -0.4 is 0 Å². The number of nitrogens with zero attached hydrogens (tertiary/aromatic N) is 5. The quantitative estimate of drug-likeness (QED) is 0.794. The van der Waals surface area contributed by atoms with E-state index in [0.29, 0.717) is 19.6 Å². The summed E-state index contributed by atoms with van der Waals surface area (Å²) in [5.74, 6) is 1.14. The lowest BCUT2D eigenvalue weighted by Crippen LogP contribution is -2.41. The molecule has 1 aliphatic heterocycles. The summed E-state index contributed by atoms with van der Waals surface area (Å²) in [7, 11) is 1.68. The highest BCUT2D eigenvalue weighted by Crippen LogP contribution is 2.25. The number of aryl methyl sites for hydroxylation is 4. The summed E-state index contributed by atoms with van der Waals surface area (Å²) >= 11 is 0. The molecule has 1 aliphatic rings. The topological polar surface area (TPSA) is 65.2 Å². The standard InChI is InChI=1S/C19H29N5O2/c1-14-10-15(2)23(21-14)9-7-19(25)22-8-5-6-17(12-22)24-16(3)11-20-18(24)13-26-4/h10-11,17H,5-9,12-13H2,1-4H3. The minimum Gasteiger partial charge on any atom is -0.377 e. The van der Waals surface area contributed by atoms with Crippen LogP contribution in [-0.2, 0) is 22.7 Å². The van der Waals surface area contributed by atoms with Gasteiger partial charge >= 0.3 is 0 Å². The van der Waals surface area contributed by atoms with Gasteiger partial charge in [0.2, 0.25) is 5.91 Å². The van der Waals surface area contributed by atoms with Gasteiger partial charge in [0.05, 0.1) is 11.7 Å². The molecule has 7 heteroatoms. The van der Waals surface area contributed by atoms with E-state index in [0.717, 1.165) is 48.8 Å². The molecule has 7 nitrogen and oxygen atoms in total. The minimum atomic E-state index is 0.202. The van der Waals surface area contributed by atoms with E-state index in [2.05, 4.69) is 21.6 Å². The third-order valence-electron chi connectivity index (χ3n) is 5.09. The fourth-order valence-corrected chi connectivity index (χ4v) is 3.88. The van der Waals surface area contributed by atoms with Crippen molar-refractivity contribution in [3.63, 3.8) is 0 Å². The van der Waals surface area contributed by atoms with Crippen molar-refractivity contribution in [3.8, 4) is 0 Å². The molecule has 1 amide bonds. The van der Waals surface area contributed by atoms with Gasteiger partial charge in [-0.15, -0.1) is 0 Å². The third-order valence-corrected chi connectivity index (χ3v) is 5.09. The molecular weight excluding hydrogens is 330 g/mol. The molecule has 0 N–H and O–H groups in total. The fourth-order valence-electron chi connectivity index (χ4n) is 3.88. The molecule has 3 heterocycles. The first-order valence-corrected chi connectivity index (χ1v) is 9.30. The number of piperidine rings is 1. The monoisotopic (exact) mass is 359 g/mol. The summed E-state index contributed by atoms with van der Waals surface area (Å²) in [4.78, 5) is 19.2. The average Bonchev–Trinajstić information content (AvgIpc) is 3.14. The summed E-state index contributed by atoms with van der Waals surface area (Å²) in [5, 5.41) is 4.45. The maximum atomic E-state index is 12.7. The van der Waals surface area contributed by atoms with Crippen LogP contribution in [0.15, 0.2) is 12.3 Å². The Morgan fingerprint density at radius 1 is 1.31 bits per heavy atom. The van der Waals surface area contributed by atoms with Crippen LogP contribution in [0.2, 0.25) is 0 Å². The molecule has 0 radical (unpaired) electrons. The molecule has 3 rings (SSSR count).